The van der Waals surface area contributed by atoms with Crippen molar-refractivity contribution in [3.05, 3.63) is 0 Å². The fourth-order valence-corrected chi connectivity index (χ4v) is 2.22. The molecule has 2 N–H and O–H groups in total. The summed E-state index contributed by atoms with van der Waals surface area (Å²) in [6, 6.07) is 0. The maximum absolute atomic E-state index is 11.8. The van der Waals surface area contributed by atoms with Gasteiger partial charge < -0.3 is 14.8 Å². The van der Waals surface area contributed by atoms with Gasteiger partial charge >= 0.3 is 0 Å². The lowest BCUT2D eigenvalue weighted by Gasteiger charge is -2.14. The van der Waals surface area contributed by atoms with E-state index in [0.29, 0.717) is 32.9 Å². The van der Waals surface area contributed by atoms with Crippen LogP contribution in [0.1, 0.15) is 20.3 Å². The van der Waals surface area contributed by atoms with Crippen LogP contribution in [0.3, 0.4) is 0 Å². The summed E-state index contributed by atoms with van der Waals surface area (Å²) in [5.41, 5.74) is 0. The molecular weight excluding hydrogens is 256 g/mol. The minimum absolute atomic E-state index is 0.296. The summed E-state index contributed by atoms with van der Waals surface area (Å²) in [6.45, 7) is 6.68. The van der Waals surface area contributed by atoms with Gasteiger partial charge in [-0.15, -0.1) is 0 Å². The molecule has 7 heteroatoms. The summed E-state index contributed by atoms with van der Waals surface area (Å²) in [5.74, 6) is 0. The number of nitrogens with one attached hydrogen (secondary N) is 2. The van der Waals surface area contributed by atoms with E-state index in [4.69, 9.17) is 9.47 Å². The minimum Gasteiger partial charge on any atom is -0.382 e. The molecule has 0 radical (unpaired) electrons. The molecule has 0 aromatic rings. The molecule has 0 aliphatic rings. The predicted octanol–water partition coefficient (Wildman–Crippen LogP) is -0.0431. The maximum atomic E-state index is 11.8. The molecule has 0 fully saturated rings. The Hall–Kier alpha value is -0.210. The van der Waals surface area contributed by atoms with Crippen molar-refractivity contribution < 1.29 is 17.9 Å². The Bertz CT molecular complexity index is 283. The molecule has 0 amide bonds. The van der Waals surface area contributed by atoms with E-state index in [1.165, 1.54) is 0 Å². The Morgan fingerprint density at radius 2 is 1.89 bits per heavy atom. The molecule has 18 heavy (non-hydrogen) atoms. The lowest BCUT2D eigenvalue weighted by Crippen LogP contribution is -2.40. The lowest BCUT2D eigenvalue weighted by molar-refractivity contribution is 0.0736. The third kappa shape index (κ3) is 8.82. The highest BCUT2D eigenvalue weighted by Gasteiger charge is 2.19. The van der Waals surface area contributed by atoms with Crippen molar-refractivity contribution in [3.63, 3.8) is 0 Å². The van der Waals surface area contributed by atoms with Crippen LogP contribution in [0.4, 0.5) is 0 Å². The summed E-state index contributed by atoms with van der Waals surface area (Å²) in [6.07, 6.45) is 0.994. The third-order valence-electron chi connectivity index (χ3n) is 2.37. The van der Waals surface area contributed by atoms with Crippen LogP contribution >= 0.6 is 0 Å². The van der Waals surface area contributed by atoms with Crippen LogP contribution in [-0.4, -0.2) is 60.2 Å². The zero-order valence-electron chi connectivity index (χ0n) is 11.6. The second-order valence-electron chi connectivity index (χ2n) is 4.06. The molecule has 0 saturated carbocycles. The van der Waals surface area contributed by atoms with Gasteiger partial charge in [-0.25, -0.2) is 13.1 Å². The van der Waals surface area contributed by atoms with Crippen molar-refractivity contribution in [3.8, 4) is 0 Å². The second-order valence-corrected chi connectivity index (χ2v) is 6.24. The smallest absolute Gasteiger partial charge is 0.215 e. The molecule has 0 rings (SSSR count). The SMILES string of the molecule is CCCNCC(C)S(=O)(=O)NCCOCCOC. The standard InChI is InChI=1S/C11H26N2O4S/c1-4-5-12-10-11(2)18(14,15)13-6-7-17-9-8-16-3/h11-13H,4-10H2,1-3H3. The van der Waals surface area contributed by atoms with E-state index >= 15 is 0 Å². The zero-order valence-corrected chi connectivity index (χ0v) is 12.4. The van der Waals surface area contributed by atoms with E-state index in [0.717, 1.165) is 13.0 Å². The summed E-state index contributed by atoms with van der Waals surface area (Å²) in [5, 5.41) is 2.65. The lowest BCUT2D eigenvalue weighted by atomic mass is 10.4. The van der Waals surface area contributed by atoms with Gasteiger partial charge in [-0.05, 0) is 19.9 Å². The number of hydrogen-bond donors (Lipinski definition) is 2. The van der Waals surface area contributed by atoms with Gasteiger partial charge in [0.1, 0.15) is 0 Å². The van der Waals surface area contributed by atoms with Crippen molar-refractivity contribution >= 4 is 10.0 Å². The monoisotopic (exact) mass is 282 g/mol. The molecule has 0 spiro atoms. The van der Waals surface area contributed by atoms with Gasteiger partial charge in [-0.3, -0.25) is 0 Å². The van der Waals surface area contributed by atoms with E-state index in [9.17, 15) is 8.42 Å². The first-order valence-corrected chi connectivity index (χ1v) is 7.85. The molecule has 0 saturated heterocycles. The summed E-state index contributed by atoms with van der Waals surface area (Å²) in [7, 11) is -1.66. The average Bonchev–Trinajstić information content (AvgIpc) is 2.33. The molecule has 0 heterocycles. The minimum atomic E-state index is -3.26. The van der Waals surface area contributed by atoms with Crippen molar-refractivity contribution in [1.29, 1.82) is 0 Å². The van der Waals surface area contributed by atoms with Gasteiger partial charge in [-0.1, -0.05) is 6.92 Å². The van der Waals surface area contributed by atoms with Crippen molar-refractivity contribution in [1.82, 2.24) is 10.0 Å². The molecule has 0 bridgehead atoms. The van der Waals surface area contributed by atoms with Crippen LogP contribution in [0.15, 0.2) is 0 Å². The van der Waals surface area contributed by atoms with E-state index < -0.39 is 15.3 Å². The highest BCUT2D eigenvalue weighted by molar-refractivity contribution is 7.90. The normalized spacial score (nSPS) is 13.7. The Kier molecular flexibility index (Phi) is 10.6. The van der Waals surface area contributed by atoms with Crippen LogP contribution in [0.5, 0.6) is 0 Å². The van der Waals surface area contributed by atoms with Gasteiger partial charge in [0.25, 0.3) is 0 Å². The molecule has 0 aliphatic carbocycles. The molecule has 6 nitrogen and oxygen atoms in total. The fraction of sp³-hybridized carbons (Fsp3) is 1.00. The zero-order chi connectivity index (χ0) is 13.9. The number of ether oxygens (including phenoxy) is 2. The number of hydrogen-bond acceptors (Lipinski definition) is 5. The predicted molar refractivity (Wildman–Crippen MR) is 72.2 cm³/mol. The Morgan fingerprint density at radius 3 is 2.50 bits per heavy atom. The molecule has 0 aromatic heterocycles. The van der Waals surface area contributed by atoms with Crippen LogP contribution < -0.4 is 10.0 Å². The molecular formula is C11H26N2O4S. The molecule has 0 aromatic carbocycles. The van der Waals surface area contributed by atoms with Crippen molar-refractivity contribution in [2.24, 2.45) is 0 Å². The van der Waals surface area contributed by atoms with E-state index in [1.807, 2.05) is 6.92 Å². The summed E-state index contributed by atoms with van der Waals surface area (Å²) in [4.78, 5) is 0. The van der Waals surface area contributed by atoms with Crippen LogP contribution in [0.25, 0.3) is 0 Å². The largest absolute Gasteiger partial charge is 0.382 e. The number of rotatable bonds is 12. The highest BCUT2D eigenvalue weighted by Crippen LogP contribution is 1.96. The molecule has 1 unspecified atom stereocenters. The number of methoxy groups -OCH3 is 1. The van der Waals surface area contributed by atoms with Gasteiger partial charge in [-0.2, -0.15) is 0 Å². The third-order valence-corrected chi connectivity index (χ3v) is 4.20. The van der Waals surface area contributed by atoms with E-state index in [-0.39, 0.29) is 0 Å². The highest BCUT2D eigenvalue weighted by atomic mass is 32.2. The Morgan fingerprint density at radius 1 is 1.17 bits per heavy atom. The fourth-order valence-electron chi connectivity index (χ4n) is 1.23. The number of sulfonamides is 1. The van der Waals surface area contributed by atoms with Gasteiger partial charge in [0, 0.05) is 20.2 Å². The topological polar surface area (TPSA) is 76.7 Å². The first-order valence-electron chi connectivity index (χ1n) is 6.30. The van der Waals surface area contributed by atoms with Crippen LogP contribution in [-0.2, 0) is 19.5 Å². The second kappa shape index (κ2) is 10.7. The van der Waals surface area contributed by atoms with Gasteiger partial charge in [0.15, 0.2) is 0 Å². The summed E-state index contributed by atoms with van der Waals surface area (Å²) < 4.78 is 36.1. The van der Waals surface area contributed by atoms with Gasteiger partial charge in [0.2, 0.25) is 10.0 Å². The van der Waals surface area contributed by atoms with Crippen LogP contribution in [0.2, 0.25) is 0 Å². The molecule has 1 atom stereocenters. The maximum Gasteiger partial charge on any atom is 0.215 e. The quantitative estimate of drug-likeness (QED) is 0.491. The first kappa shape index (κ1) is 17.8. The van der Waals surface area contributed by atoms with Crippen molar-refractivity contribution in [2.45, 2.75) is 25.5 Å². The summed E-state index contributed by atoms with van der Waals surface area (Å²) >= 11 is 0. The Balaban J connectivity index is 3.71. The Labute approximate surface area is 110 Å². The van der Waals surface area contributed by atoms with Crippen LogP contribution in [0, 0.1) is 0 Å². The van der Waals surface area contributed by atoms with Crippen molar-refractivity contribution in [2.75, 3.05) is 46.6 Å². The molecule has 110 valence electrons. The average molecular weight is 282 g/mol. The first-order chi connectivity index (χ1) is 8.54. The van der Waals surface area contributed by atoms with E-state index in [2.05, 4.69) is 10.0 Å². The van der Waals surface area contributed by atoms with Gasteiger partial charge in [0.05, 0.1) is 25.1 Å². The van der Waals surface area contributed by atoms with E-state index in [1.54, 1.807) is 14.0 Å². The molecule has 0 aliphatic heterocycles.